The second-order valence-corrected chi connectivity index (χ2v) is 6.68. The average molecular weight is 365 g/mol. The van der Waals surface area contributed by atoms with Crippen molar-refractivity contribution in [3.63, 3.8) is 0 Å². The van der Waals surface area contributed by atoms with E-state index in [1.165, 1.54) is 27.1 Å². The number of anilines is 1. The first-order valence-electron chi connectivity index (χ1n) is 7.65. The molecule has 9 nitrogen and oxygen atoms in total. The second kappa shape index (κ2) is 7.05. The molecule has 2 aromatic heterocycles. The highest BCUT2D eigenvalue weighted by molar-refractivity contribution is 7.98. The number of nitrogens with zero attached hydrogens (tertiary/aromatic N) is 4. The van der Waals surface area contributed by atoms with Crippen LogP contribution in [0.2, 0.25) is 0 Å². The van der Waals surface area contributed by atoms with Crippen molar-refractivity contribution in [2.45, 2.75) is 37.5 Å². The van der Waals surface area contributed by atoms with Crippen LogP contribution in [0.1, 0.15) is 12.6 Å². The van der Waals surface area contributed by atoms with Gasteiger partial charge in [0.15, 0.2) is 11.9 Å². The fourth-order valence-electron chi connectivity index (χ4n) is 2.98. The largest absolute Gasteiger partial charge is 0.390 e. The number of imidazole rings is 1. The van der Waals surface area contributed by atoms with Gasteiger partial charge in [-0.3, -0.25) is 4.57 Å². The summed E-state index contributed by atoms with van der Waals surface area (Å²) in [6.45, 7) is 0.0248. The van der Waals surface area contributed by atoms with Crippen LogP contribution < -0.4 is 11.4 Å². The van der Waals surface area contributed by atoms with E-state index < -0.39 is 30.2 Å². The number of aromatic nitrogens is 4. The quantitative estimate of drug-likeness (QED) is 0.586. The van der Waals surface area contributed by atoms with Crippen LogP contribution in [0.3, 0.4) is 0 Å². The highest BCUT2D eigenvalue weighted by Crippen LogP contribution is 2.32. The lowest BCUT2D eigenvalue weighted by molar-refractivity contribution is -0.0698. The third-order valence-electron chi connectivity index (χ3n) is 4.11. The molecule has 0 aliphatic carbocycles. The topological polar surface area (TPSA) is 128 Å². The molecule has 3 rings (SSSR count). The van der Waals surface area contributed by atoms with E-state index in [1.807, 2.05) is 6.26 Å². The number of thioether (sulfide) groups is 1. The first kappa shape index (κ1) is 17.8. The van der Waals surface area contributed by atoms with Gasteiger partial charge in [0.2, 0.25) is 5.95 Å². The van der Waals surface area contributed by atoms with Crippen LogP contribution in [0.4, 0.5) is 5.95 Å². The van der Waals surface area contributed by atoms with E-state index in [4.69, 9.17) is 16.9 Å². The minimum absolute atomic E-state index is 0.00874. The molecular weight excluding hydrogens is 346 g/mol. The Morgan fingerprint density at radius 2 is 2.40 bits per heavy atom. The molecule has 4 atom stereocenters. The van der Waals surface area contributed by atoms with E-state index >= 15 is 0 Å². The number of nitrogen functional groups attached to an aromatic ring is 1. The van der Waals surface area contributed by atoms with Gasteiger partial charge < -0.3 is 20.7 Å². The van der Waals surface area contributed by atoms with E-state index in [0.717, 1.165) is 0 Å². The minimum Gasteiger partial charge on any atom is -0.390 e. The van der Waals surface area contributed by atoms with Crippen LogP contribution in [-0.2, 0) is 11.3 Å². The monoisotopic (exact) mass is 365 g/mol. The molecule has 1 aliphatic rings. The number of rotatable bonds is 5. The van der Waals surface area contributed by atoms with Crippen molar-refractivity contribution in [2.24, 2.45) is 0 Å². The maximum atomic E-state index is 12.8. The van der Waals surface area contributed by atoms with Crippen LogP contribution >= 0.6 is 11.8 Å². The van der Waals surface area contributed by atoms with Gasteiger partial charge in [0, 0.05) is 12.2 Å². The molecule has 0 aromatic carbocycles. The predicted molar refractivity (Wildman–Crippen MR) is 94.0 cm³/mol. The summed E-state index contributed by atoms with van der Waals surface area (Å²) >= 11 is 1.47. The Balaban J connectivity index is 2.07. The van der Waals surface area contributed by atoms with Crippen LogP contribution in [-0.4, -0.2) is 59.6 Å². The summed E-state index contributed by atoms with van der Waals surface area (Å²) in [6, 6.07) is 0. The lowest BCUT2D eigenvalue weighted by Crippen LogP contribution is -2.32. The smallest absolute Gasteiger partial charge is 0.333 e. The van der Waals surface area contributed by atoms with Gasteiger partial charge in [0.1, 0.15) is 11.6 Å². The van der Waals surface area contributed by atoms with Crippen molar-refractivity contribution in [2.75, 3.05) is 17.7 Å². The lowest BCUT2D eigenvalue weighted by Gasteiger charge is -2.18. The number of hydrogen-bond acceptors (Lipinski definition) is 8. The Morgan fingerprint density at radius 3 is 3.08 bits per heavy atom. The van der Waals surface area contributed by atoms with Crippen molar-refractivity contribution in [3.8, 4) is 12.3 Å². The van der Waals surface area contributed by atoms with Crippen LogP contribution in [0.15, 0.2) is 11.0 Å². The molecule has 2 aromatic rings. The summed E-state index contributed by atoms with van der Waals surface area (Å²) in [6.07, 6.45) is 5.54. The van der Waals surface area contributed by atoms with Crippen molar-refractivity contribution in [3.05, 3.63) is 16.7 Å². The summed E-state index contributed by atoms with van der Waals surface area (Å²) in [7, 11) is 0. The zero-order chi connectivity index (χ0) is 18.1. The fourth-order valence-corrected chi connectivity index (χ4v) is 3.54. The highest BCUT2D eigenvalue weighted by atomic mass is 32.2. The zero-order valence-corrected chi connectivity index (χ0v) is 14.4. The van der Waals surface area contributed by atoms with E-state index in [0.29, 0.717) is 11.3 Å². The van der Waals surface area contributed by atoms with Crippen LogP contribution in [0.5, 0.6) is 0 Å². The SMILES string of the molecule is C#CCn1c(=O)n([C@@H]2O[C@H](C(O)CSC)C[C@H]2O)c2nc(N)ncc21. The Morgan fingerprint density at radius 1 is 1.64 bits per heavy atom. The number of terminal acetylenes is 1. The van der Waals surface area contributed by atoms with Gasteiger partial charge in [-0.2, -0.15) is 16.7 Å². The first-order valence-corrected chi connectivity index (χ1v) is 9.04. The number of hydrogen-bond donors (Lipinski definition) is 3. The number of aliphatic hydroxyl groups excluding tert-OH is 2. The van der Waals surface area contributed by atoms with Crippen molar-refractivity contribution in [1.29, 1.82) is 0 Å². The maximum absolute atomic E-state index is 12.8. The second-order valence-electron chi connectivity index (χ2n) is 5.77. The highest BCUT2D eigenvalue weighted by Gasteiger charge is 2.40. The van der Waals surface area contributed by atoms with Gasteiger partial charge in [-0.05, 0) is 6.26 Å². The van der Waals surface area contributed by atoms with E-state index in [-0.39, 0.29) is 24.6 Å². The Hall–Kier alpha value is -2.06. The lowest BCUT2D eigenvalue weighted by atomic mass is 10.1. The third kappa shape index (κ3) is 3.11. The summed E-state index contributed by atoms with van der Waals surface area (Å²) in [5.74, 6) is 2.86. The molecule has 1 saturated heterocycles. The van der Waals surface area contributed by atoms with Gasteiger partial charge in [0.25, 0.3) is 0 Å². The predicted octanol–water partition coefficient (Wildman–Crippen LogP) is -0.819. The molecule has 0 bridgehead atoms. The van der Waals surface area contributed by atoms with Crippen LogP contribution in [0.25, 0.3) is 11.2 Å². The molecule has 1 unspecified atom stereocenters. The number of fused-ring (bicyclic) bond motifs is 1. The summed E-state index contributed by atoms with van der Waals surface area (Å²) in [5.41, 5.74) is 5.80. The molecule has 25 heavy (non-hydrogen) atoms. The normalized spacial score (nSPS) is 24.5. The number of ether oxygens (including phenoxy) is 1. The summed E-state index contributed by atoms with van der Waals surface area (Å²) in [4.78, 5) is 20.8. The fraction of sp³-hybridized carbons (Fsp3) is 0.533. The Kier molecular flexibility index (Phi) is 5.01. The average Bonchev–Trinajstić information content (AvgIpc) is 3.06. The number of aliphatic hydroxyl groups is 2. The molecule has 10 heteroatoms. The molecule has 0 saturated carbocycles. The molecule has 4 N–H and O–H groups in total. The molecular formula is C15H19N5O4S. The Bertz CT molecular complexity index is 873. The van der Waals surface area contributed by atoms with Gasteiger partial charge >= 0.3 is 5.69 Å². The van der Waals surface area contributed by atoms with Gasteiger partial charge in [-0.25, -0.2) is 14.3 Å². The van der Waals surface area contributed by atoms with E-state index in [2.05, 4.69) is 15.9 Å². The molecule has 0 amide bonds. The number of nitrogens with two attached hydrogens (primary N) is 1. The Labute approximate surface area is 147 Å². The standard InChI is InChI=1S/C15H19N5O4S/c1-3-4-19-8-6-17-14(16)18-12(8)20(15(19)23)13-9(21)5-11(24-13)10(22)7-25-2/h1,6,9-11,13,21-22H,4-5,7H2,2H3,(H2,16,17,18)/t9-,10?,11+,13-/m1/s1. The molecule has 0 radical (unpaired) electrons. The third-order valence-corrected chi connectivity index (χ3v) is 4.79. The van der Waals surface area contributed by atoms with Crippen LogP contribution in [0, 0.1) is 12.3 Å². The van der Waals surface area contributed by atoms with E-state index in [1.54, 1.807) is 0 Å². The van der Waals surface area contributed by atoms with Gasteiger partial charge in [-0.1, -0.05) is 5.92 Å². The summed E-state index contributed by atoms with van der Waals surface area (Å²) in [5, 5.41) is 20.5. The molecule has 0 spiro atoms. The van der Waals surface area contributed by atoms with Gasteiger partial charge in [-0.15, -0.1) is 6.42 Å². The van der Waals surface area contributed by atoms with Crippen molar-refractivity contribution < 1.29 is 14.9 Å². The minimum atomic E-state index is -0.982. The molecule has 1 fully saturated rings. The van der Waals surface area contributed by atoms with Gasteiger partial charge in [0.05, 0.1) is 24.9 Å². The summed E-state index contributed by atoms with van der Waals surface area (Å²) < 4.78 is 8.32. The first-order chi connectivity index (χ1) is 12.0. The maximum Gasteiger partial charge on any atom is 0.333 e. The van der Waals surface area contributed by atoms with Crippen molar-refractivity contribution >= 4 is 28.9 Å². The van der Waals surface area contributed by atoms with Crippen molar-refractivity contribution in [1.82, 2.24) is 19.1 Å². The van der Waals surface area contributed by atoms with E-state index in [9.17, 15) is 15.0 Å². The molecule has 134 valence electrons. The zero-order valence-electron chi connectivity index (χ0n) is 13.6. The molecule has 1 aliphatic heterocycles. The molecule has 3 heterocycles.